The van der Waals surface area contributed by atoms with Crippen LogP contribution in [0.1, 0.15) is 11.1 Å². The lowest BCUT2D eigenvalue weighted by Crippen LogP contribution is -2.38. The van der Waals surface area contributed by atoms with Gasteiger partial charge in [0, 0.05) is 11.6 Å². The first-order valence-electron chi connectivity index (χ1n) is 7.97. The number of nitrogens with one attached hydrogen (secondary N) is 2. The highest BCUT2D eigenvalue weighted by atomic mass is 35.5. The molecular weight excluding hydrogens is 340 g/mol. The predicted octanol–water partition coefficient (Wildman–Crippen LogP) is 2.37. The van der Waals surface area contributed by atoms with E-state index in [-0.39, 0.29) is 24.8 Å². The van der Waals surface area contributed by atoms with E-state index < -0.39 is 0 Å². The number of hydrogen-bond donors (Lipinski definition) is 2. The average molecular weight is 361 g/mol. The van der Waals surface area contributed by atoms with Gasteiger partial charge < -0.3 is 15.4 Å². The number of halogens is 1. The van der Waals surface area contributed by atoms with Gasteiger partial charge in [0.2, 0.25) is 11.8 Å². The summed E-state index contributed by atoms with van der Waals surface area (Å²) < 4.78 is 5.10. The van der Waals surface area contributed by atoms with Crippen LogP contribution in [0.2, 0.25) is 5.02 Å². The van der Waals surface area contributed by atoms with E-state index >= 15 is 0 Å². The number of rotatable bonds is 8. The fraction of sp³-hybridized carbons (Fsp3) is 0.263. The Labute approximate surface area is 152 Å². The zero-order valence-electron chi connectivity index (χ0n) is 14.0. The molecule has 0 saturated carbocycles. The third-order valence-electron chi connectivity index (χ3n) is 3.62. The average Bonchev–Trinajstić information content (AvgIpc) is 2.62. The molecule has 0 fully saturated rings. The molecule has 0 atom stereocenters. The predicted molar refractivity (Wildman–Crippen MR) is 97.9 cm³/mol. The summed E-state index contributed by atoms with van der Waals surface area (Å²) in [5.41, 5.74) is 1.95. The first-order valence-corrected chi connectivity index (χ1v) is 8.35. The van der Waals surface area contributed by atoms with E-state index in [0.717, 1.165) is 16.9 Å². The molecule has 0 spiro atoms. The van der Waals surface area contributed by atoms with Gasteiger partial charge in [-0.05, 0) is 41.8 Å². The second-order valence-corrected chi connectivity index (χ2v) is 5.96. The molecule has 0 aliphatic rings. The molecule has 0 bridgehead atoms. The van der Waals surface area contributed by atoms with Crippen molar-refractivity contribution in [3.8, 4) is 5.75 Å². The van der Waals surface area contributed by atoms with E-state index in [1.54, 1.807) is 31.4 Å². The van der Waals surface area contributed by atoms with Gasteiger partial charge in [0.25, 0.3) is 0 Å². The third kappa shape index (κ3) is 6.85. The summed E-state index contributed by atoms with van der Waals surface area (Å²) in [4.78, 5) is 23.6. The zero-order chi connectivity index (χ0) is 18.1. The molecule has 6 heteroatoms. The minimum absolute atomic E-state index is 0.0327. The number of carbonyl (C=O) groups is 2. The van der Waals surface area contributed by atoms with Crippen LogP contribution in [0.4, 0.5) is 0 Å². The maximum absolute atomic E-state index is 11.8. The van der Waals surface area contributed by atoms with Crippen molar-refractivity contribution in [1.82, 2.24) is 10.6 Å². The molecule has 2 aromatic carbocycles. The molecule has 2 rings (SSSR count). The van der Waals surface area contributed by atoms with Crippen LogP contribution in [0.25, 0.3) is 0 Å². The zero-order valence-corrected chi connectivity index (χ0v) is 14.8. The Balaban J connectivity index is 1.64. The van der Waals surface area contributed by atoms with E-state index in [9.17, 15) is 9.59 Å². The molecule has 2 N–H and O–H groups in total. The molecule has 2 aromatic rings. The number of benzene rings is 2. The van der Waals surface area contributed by atoms with Crippen molar-refractivity contribution in [2.45, 2.75) is 12.8 Å². The molecule has 0 saturated heterocycles. The van der Waals surface area contributed by atoms with Gasteiger partial charge in [0.05, 0.1) is 20.1 Å². The number of carbonyl (C=O) groups excluding carboxylic acids is 2. The summed E-state index contributed by atoms with van der Waals surface area (Å²) in [6, 6.07) is 14.7. The Bertz CT molecular complexity index is 700. The SMILES string of the molecule is COc1ccc(CCNC(=O)CNC(=O)Cc2ccc(Cl)cc2)cc1. The van der Waals surface area contributed by atoms with Gasteiger partial charge in [0.15, 0.2) is 0 Å². The molecule has 25 heavy (non-hydrogen) atoms. The summed E-state index contributed by atoms with van der Waals surface area (Å²) in [6.07, 6.45) is 0.935. The Morgan fingerprint density at radius 2 is 1.56 bits per heavy atom. The highest BCUT2D eigenvalue weighted by Gasteiger charge is 2.06. The number of amides is 2. The maximum atomic E-state index is 11.8. The number of methoxy groups -OCH3 is 1. The van der Waals surface area contributed by atoms with Crippen LogP contribution >= 0.6 is 11.6 Å². The summed E-state index contributed by atoms with van der Waals surface area (Å²) in [5, 5.41) is 6.02. The van der Waals surface area contributed by atoms with Crippen molar-refractivity contribution in [1.29, 1.82) is 0 Å². The highest BCUT2D eigenvalue weighted by molar-refractivity contribution is 6.30. The van der Waals surface area contributed by atoms with Gasteiger partial charge in [-0.3, -0.25) is 9.59 Å². The van der Waals surface area contributed by atoms with Gasteiger partial charge in [-0.2, -0.15) is 0 Å². The van der Waals surface area contributed by atoms with Gasteiger partial charge >= 0.3 is 0 Å². The Kier molecular flexibility index (Phi) is 7.29. The molecule has 5 nitrogen and oxygen atoms in total. The van der Waals surface area contributed by atoms with Crippen LogP contribution in [0.5, 0.6) is 5.75 Å². The lowest BCUT2D eigenvalue weighted by molar-refractivity contribution is -0.125. The fourth-order valence-electron chi connectivity index (χ4n) is 2.23. The molecule has 0 aliphatic carbocycles. The first kappa shape index (κ1) is 18.8. The van der Waals surface area contributed by atoms with Gasteiger partial charge in [-0.15, -0.1) is 0 Å². The molecule has 0 heterocycles. The normalized spacial score (nSPS) is 10.2. The van der Waals surface area contributed by atoms with Crippen molar-refractivity contribution in [3.63, 3.8) is 0 Å². The Morgan fingerprint density at radius 1 is 0.920 bits per heavy atom. The quantitative estimate of drug-likeness (QED) is 0.759. The third-order valence-corrected chi connectivity index (χ3v) is 3.87. The highest BCUT2D eigenvalue weighted by Crippen LogP contribution is 2.11. The molecule has 132 valence electrons. The van der Waals surface area contributed by atoms with Crippen molar-refractivity contribution < 1.29 is 14.3 Å². The summed E-state index contributed by atoms with van der Waals surface area (Å²) in [6.45, 7) is 0.479. The van der Waals surface area contributed by atoms with Crippen LogP contribution in [0, 0.1) is 0 Å². The molecule has 0 radical (unpaired) electrons. The van der Waals surface area contributed by atoms with Crippen molar-refractivity contribution in [2.24, 2.45) is 0 Å². The van der Waals surface area contributed by atoms with E-state index in [1.165, 1.54) is 0 Å². The largest absolute Gasteiger partial charge is 0.497 e. The second kappa shape index (κ2) is 9.69. The molecule has 0 aromatic heterocycles. The maximum Gasteiger partial charge on any atom is 0.239 e. The Morgan fingerprint density at radius 3 is 2.20 bits per heavy atom. The minimum Gasteiger partial charge on any atom is -0.497 e. The van der Waals surface area contributed by atoms with Crippen molar-refractivity contribution in [2.75, 3.05) is 20.2 Å². The van der Waals surface area contributed by atoms with Gasteiger partial charge in [0.1, 0.15) is 5.75 Å². The van der Waals surface area contributed by atoms with Crippen LogP contribution < -0.4 is 15.4 Å². The lowest BCUT2D eigenvalue weighted by atomic mass is 10.1. The summed E-state index contributed by atoms with van der Waals surface area (Å²) in [5.74, 6) is 0.391. The van der Waals surface area contributed by atoms with Crippen molar-refractivity contribution in [3.05, 3.63) is 64.7 Å². The standard InChI is InChI=1S/C19H21ClN2O3/c1-25-17-8-4-14(5-9-17)10-11-21-19(24)13-22-18(23)12-15-2-6-16(20)7-3-15/h2-9H,10-13H2,1H3,(H,21,24)(H,22,23). The lowest BCUT2D eigenvalue weighted by Gasteiger charge is -2.08. The fourth-order valence-corrected chi connectivity index (χ4v) is 2.36. The van der Waals surface area contributed by atoms with Crippen LogP contribution in [-0.4, -0.2) is 32.0 Å². The molecular formula is C19H21ClN2O3. The van der Waals surface area contributed by atoms with Gasteiger partial charge in [-0.1, -0.05) is 35.9 Å². The number of hydrogen-bond acceptors (Lipinski definition) is 3. The van der Waals surface area contributed by atoms with Crippen LogP contribution in [0.3, 0.4) is 0 Å². The van der Waals surface area contributed by atoms with Crippen molar-refractivity contribution >= 4 is 23.4 Å². The summed E-state index contributed by atoms with van der Waals surface area (Å²) >= 11 is 5.80. The molecule has 2 amide bonds. The first-order chi connectivity index (χ1) is 12.1. The van der Waals surface area contributed by atoms with Gasteiger partial charge in [-0.25, -0.2) is 0 Å². The van der Waals surface area contributed by atoms with Crippen LogP contribution in [0.15, 0.2) is 48.5 Å². The van der Waals surface area contributed by atoms with E-state index in [1.807, 2.05) is 24.3 Å². The smallest absolute Gasteiger partial charge is 0.239 e. The van der Waals surface area contributed by atoms with Crippen LogP contribution in [-0.2, 0) is 22.4 Å². The number of ether oxygens (including phenoxy) is 1. The monoisotopic (exact) mass is 360 g/mol. The second-order valence-electron chi connectivity index (χ2n) is 5.53. The topological polar surface area (TPSA) is 67.4 Å². The summed E-state index contributed by atoms with van der Waals surface area (Å²) in [7, 11) is 1.62. The van der Waals surface area contributed by atoms with E-state index in [4.69, 9.17) is 16.3 Å². The minimum atomic E-state index is -0.210. The Hall–Kier alpha value is -2.53. The van der Waals surface area contributed by atoms with E-state index in [2.05, 4.69) is 10.6 Å². The molecule has 0 aliphatic heterocycles. The van der Waals surface area contributed by atoms with E-state index in [0.29, 0.717) is 18.0 Å². The molecule has 0 unspecified atom stereocenters.